The monoisotopic (exact) mass is 266 g/mol. The highest BCUT2D eigenvalue weighted by molar-refractivity contribution is 4.97. The molecule has 110 valence electrons. The van der Waals surface area contributed by atoms with E-state index in [1.807, 2.05) is 0 Å². The third-order valence-corrected chi connectivity index (χ3v) is 5.99. The molecule has 0 aromatic heterocycles. The van der Waals surface area contributed by atoms with Gasteiger partial charge in [0.1, 0.15) is 0 Å². The maximum Gasteiger partial charge on any atom is 0.0686 e. The second kappa shape index (κ2) is 5.73. The molecule has 1 heterocycles. The second-order valence-corrected chi connectivity index (χ2v) is 7.30. The van der Waals surface area contributed by atoms with E-state index in [1.54, 1.807) is 0 Å². The number of hydrogen-bond donors (Lipinski definition) is 1. The Balaban J connectivity index is 1.69. The first kappa shape index (κ1) is 13.9. The van der Waals surface area contributed by atoms with Gasteiger partial charge in [-0.1, -0.05) is 44.9 Å². The van der Waals surface area contributed by atoms with E-state index in [9.17, 15) is 5.11 Å². The Morgan fingerprint density at radius 2 is 1.37 bits per heavy atom. The molecule has 3 aliphatic rings. The number of rotatable bonds is 1. The predicted molar refractivity (Wildman–Crippen MR) is 77.1 cm³/mol. The molecule has 0 radical (unpaired) electrons. The zero-order chi connectivity index (χ0) is 13.2. The molecule has 1 spiro atoms. The molecule has 1 unspecified atom stereocenters. The molecule has 0 amide bonds. The van der Waals surface area contributed by atoms with Crippen LogP contribution in [0.15, 0.2) is 0 Å². The van der Waals surface area contributed by atoms with E-state index in [-0.39, 0.29) is 11.2 Å². The number of ether oxygens (including phenoxy) is 1. The van der Waals surface area contributed by atoms with Crippen LogP contribution >= 0.6 is 0 Å². The van der Waals surface area contributed by atoms with Crippen molar-refractivity contribution >= 4 is 0 Å². The van der Waals surface area contributed by atoms with E-state index in [2.05, 4.69) is 0 Å². The molecule has 1 atom stereocenters. The molecular weight excluding hydrogens is 236 g/mol. The van der Waals surface area contributed by atoms with Gasteiger partial charge < -0.3 is 9.84 Å². The average molecular weight is 266 g/mol. The quantitative estimate of drug-likeness (QED) is 0.721. The molecule has 1 N–H and O–H groups in total. The average Bonchev–Trinajstić information content (AvgIpc) is 2.66. The second-order valence-electron chi connectivity index (χ2n) is 7.30. The first-order chi connectivity index (χ1) is 9.23. The van der Waals surface area contributed by atoms with Crippen molar-refractivity contribution in [1.29, 1.82) is 0 Å². The summed E-state index contributed by atoms with van der Waals surface area (Å²) in [6, 6.07) is 0. The van der Waals surface area contributed by atoms with Gasteiger partial charge in [-0.3, -0.25) is 0 Å². The summed E-state index contributed by atoms with van der Waals surface area (Å²) in [6.07, 6.45) is 15.9. The fraction of sp³-hybridized carbons (Fsp3) is 1.00. The zero-order valence-corrected chi connectivity index (χ0v) is 12.3. The van der Waals surface area contributed by atoms with Crippen LogP contribution in [0.1, 0.15) is 83.5 Å². The summed E-state index contributed by atoms with van der Waals surface area (Å²) in [5.74, 6) is 0.498. The lowest BCUT2D eigenvalue weighted by atomic mass is 9.69. The normalized spacial score (nSPS) is 34.9. The smallest absolute Gasteiger partial charge is 0.0686 e. The summed E-state index contributed by atoms with van der Waals surface area (Å²) in [5, 5.41) is 11.1. The Labute approximate surface area is 117 Å². The Hall–Kier alpha value is -0.0800. The molecule has 0 aromatic carbocycles. The van der Waals surface area contributed by atoms with E-state index in [0.717, 1.165) is 32.3 Å². The van der Waals surface area contributed by atoms with Crippen molar-refractivity contribution < 1.29 is 9.84 Å². The van der Waals surface area contributed by atoms with E-state index < -0.39 is 0 Å². The van der Waals surface area contributed by atoms with Crippen LogP contribution in [-0.2, 0) is 4.74 Å². The highest BCUT2D eigenvalue weighted by Gasteiger charge is 2.45. The number of hydrogen-bond acceptors (Lipinski definition) is 2. The van der Waals surface area contributed by atoms with Crippen LogP contribution in [0, 0.1) is 5.92 Å². The molecule has 1 saturated heterocycles. The van der Waals surface area contributed by atoms with E-state index in [4.69, 9.17) is 4.74 Å². The third kappa shape index (κ3) is 3.00. The van der Waals surface area contributed by atoms with Gasteiger partial charge in [0.2, 0.25) is 0 Å². The SMILES string of the molecule is OC1(C2CCOC3(CCCCC3)C2)CCCCCC1. The summed E-state index contributed by atoms with van der Waals surface area (Å²) in [5.41, 5.74) is -0.228. The summed E-state index contributed by atoms with van der Waals surface area (Å²) < 4.78 is 6.19. The Bertz CT molecular complexity index is 280. The Kier molecular flexibility index (Phi) is 4.19. The van der Waals surface area contributed by atoms with Crippen LogP contribution < -0.4 is 0 Å². The lowest BCUT2D eigenvalue weighted by molar-refractivity contribution is -0.159. The van der Waals surface area contributed by atoms with Crippen molar-refractivity contribution in [1.82, 2.24) is 0 Å². The molecule has 2 heteroatoms. The molecule has 1 aliphatic heterocycles. The standard InChI is InChI=1S/C17H30O2/c18-17(11-6-1-2-7-12-17)15-8-13-19-16(14-15)9-4-3-5-10-16/h15,18H,1-14H2. The predicted octanol–water partition coefficient (Wildman–Crippen LogP) is 4.20. The Morgan fingerprint density at radius 3 is 2.05 bits per heavy atom. The van der Waals surface area contributed by atoms with Crippen LogP contribution in [-0.4, -0.2) is 22.9 Å². The largest absolute Gasteiger partial charge is 0.390 e. The van der Waals surface area contributed by atoms with Crippen LogP contribution in [0.25, 0.3) is 0 Å². The summed E-state index contributed by atoms with van der Waals surface area (Å²) in [6.45, 7) is 0.882. The molecule has 0 aromatic rings. The van der Waals surface area contributed by atoms with Crippen LogP contribution in [0.2, 0.25) is 0 Å². The third-order valence-electron chi connectivity index (χ3n) is 5.99. The van der Waals surface area contributed by atoms with Crippen molar-refractivity contribution in [2.24, 2.45) is 5.92 Å². The van der Waals surface area contributed by atoms with Gasteiger partial charge in [0.05, 0.1) is 11.2 Å². The van der Waals surface area contributed by atoms with Gasteiger partial charge in [-0.05, 0) is 44.4 Å². The number of aliphatic hydroxyl groups is 1. The maximum absolute atomic E-state index is 11.1. The molecule has 2 aliphatic carbocycles. The zero-order valence-electron chi connectivity index (χ0n) is 12.3. The molecule has 0 bridgehead atoms. The first-order valence-electron chi connectivity index (χ1n) is 8.59. The molecule has 2 saturated carbocycles. The molecule has 3 rings (SSSR count). The minimum atomic E-state index is -0.370. The van der Waals surface area contributed by atoms with Gasteiger partial charge in [-0.15, -0.1) is 0 Å². The highest BCUT2D eigenvalue weighted by Crippen LogP contribution is 2.46. The highest BCUT2D eigenvalue weighted by atomic mass is 16.5. The van der Waals surface area contributed by atoms with Crippen molar-refractivity contribution in [3.63, 3.8) is 0 Å². The van der Waals surface area contributed by atoms with Gasteiger partial charge >= 0.3 is 0 Å². The summed E-state index contributed by atoms with van der Waals surface area (Å²) >= 11 is 0. The van der Waals surface area contributed by atoms with Gasteiger partial charge in [-0.25, -0.2) is 0 Å². The minimum absolute atomic E-state index is 0.142. The molecule has 3 fully saturated rings. The molecular formula is C17H30O2. The fourth-order valence-electron chi connectivity index (χ4n) is 4.78. The van der Waals surface area contributed by atoms with Crippen molar-refractivity contribution in [3.05, 3.63) is 0 Å². The van der Waals surface area contributed by atoms with Crippen molar-refractivity contribution in [2.75, 3.05) is 6.61 Å². The fourth-order valence-corrected chi connectivity index (χ4v) is 4.78. The maximum atomic E-state index is 11.1. The van der Waals surface area contributed by atoms with Crippen molar-refractivity contribution in [3.8, 4) is 0 Å². The van der Waals surface area contributed by atoms with Crippen molar-refractivity contribution in [2.45, 2.75) is 94.7 Å². The van der Waals surface area contributed by atoms with Gasteiger partial charge in [0.25, 0.3) is 0 Å². The lowest BCUT2D eigenvalue weighted by Crippen LogP contribution is -2.49. The van der Waals surface area contributed by atoms with Gasteiger partial charge in [0.15, 0.2) is 0 Å². The lowest BCUT2D eigenvalue weighted by Gasteiger charge is -2.48. The van der Waals surface area contributed by atoms with E-state index >= 15 is 0 Å². The van der Waals surface area contributed by atoms with Gasteiger partial charge in [-0.2, -0.15) is 0 Å². The summed E-state index contributed by atoms with van der Waals surface area (Å²) in [7, 11) is 0. The minimum Gasteiger partial charge on any atom is -0.390 e. The topological polar surface area (TPSA) is 29.5 Å². The van der Waals surface area contributed by atoms with E-state index in [0.29, 0.717) is 5.92 Å². The Morgan fingerprint density at radius 1 is 0.789 bits per heavy atom. The van der Waals surface area contributed by atoms with Crippen LogP contribution in [0.3, 0.4) is 0 Å². The molecule has 2 nitrogen and oxygen atoms in total. The summed E-state index contributed by atoms with van der Waals surface area (Å²) in [4.78, 5) is 0. The first-order valence-corrected chi connectivity index (χ1v) is 8.59. The van der Waals surface area contributed by atoms with Gasteiger partial charge in [0, 0.05) is 6.61 Å². The van der Waals surface area contributed by atoms with Crippen LogP contribution in [0.4, 0.5) is 0 Å². The van der Waals surface area contributed by atoms with E-state index in [1.165, 1.54) is 57.8 Å². The van der Waals surface area contributed by atoms with Crippen LogP contribution in [0.5, 0.6) is 0 Å². The molecule has 19 heavy (non-hydrogen) atoms.